The average Bonchev–Trinajstić information content (AvgIpc) is 4.34. The Morgan fingerprint density at radius 2 is 1.30 bits per heavy atom. The third-order valence-electron chi connectivity index (χ3n) is 14.8. The second-order valence-corrected chi connectivity index (χ2v) is 24.4. The highest BCUT2D eigenvalue weighted by Gasteiger charge is 2.50. The first-order chi connectivity index (χ1) is 37.6. The van der Waals surface area contributed by atoms with Gasteiger partial charge in [0.05, 0.1) is 62.0 Å². The monoisotopic (exact) mass is 1100 g/mol. The number of aryl methyl sites for hydroxylation is 2. The molecule has 19 heteroatoms. The quantitative estimate of drug-likeness (QED) is 0.0784. The van der Waals surface area contributed by atoms with E-state index < -0.39 is 76.7 Å². The lowest BCUT2D eigenvalue weighted by Gasteiger charge is -2.40. The number of amides is 6. The zero-order valence-electron chi connectivity index (χ0n) is 45.5. The summed E-state index contributed by atoms with van der Waals surface area (Å²) in [5.41, 5.74) is 8.82. The number of nitrogens with one attached hydrogen (secondary N) is 3. The van der Waals surface area contributed by atoms with Crippen molar-refractivity contribution < 1.29 is 38.6 Å². The molecule has 2 aromatic heterocycles. The van der Waals surface area contributed by atoms with Gasteiger partial charge in [-0.15, -0.1) is 22.7 Å². The van der Waals surface area contributed by atoms with Gasteiger partial charge in [-0.3, -0.25) is 28.8 Å². The highest BCUT2D eigenvalue weighted by Crippen LogP contribution is 2.38. The van der Waals surface area contributed by atoms with Gasteiger partial charge in [0.15, 0.2) is 0 Å². The molecule has 17 nitrogen and oxygen atoms in total. The van der Waals surface area contributed by atoms with E-state index in [9.17, 15) is 39.1 Å². The Morgan fingerprint density at radius 3 is 1.84 bits per heavy atom. The molecule has 6 amide bonds. The third kappa shape index (κ3) is 12.1. The maximum atomic E-state index is 14.9. The molecular weight excluding hydrogens is 1040 g/mol. The molecule has 2 fully saturated rings. The number of carbonyl (C=O) groups excluding carboxylic acids is 6. The number of rotatable bonds is 15. The Labute approximate surface area is 468 Å². The fourth-order valence-corrected chi connectivity index (χ4v) is 12.3. The van der Waals surface area contributed by atoms with Crippen LogP contribution in [0.3, 0.4) is 0 Å². The number of thiazole rings is 2. The number of nitrogens with zero attached hydrogens (tertiary/aromatic N) is 6. The van der Waals surface area contributed by atoms with Crippen molar-refractivity contribution >= 4 is 58.1 Å². The van der Waals surface area contributed by atoms with Crippen molar-refractivity contribution in [3.05, 3.63) is 147 Å². The van der Waals surface area contributed by atoms with Crippen LogP contribution in [-0.4, -0.2) is 115 Å². The van der Waals surface area contributed by atoms with Gasteiger partial charge in [0, 0.05) is 44.6 Å². The molecule has 6 atom stereocenters. The minimum atomic E-state index is -1.12. The predicted molar refractivity (Wildman–Crippen MR) is 300 cm³/mol. The predicted octanol–water partition coefficient (Wildman–Crippen LogP) is 7.58. The molecule has 3 aliphatic heterocycles. The summed E-state index contributed by atoms with van der Waals surface area (Å²) in [6.45, 7) is 15.3. The van der Waals surface area contributed by atoms with Gasteiger partial charge in [-0.1, -0.05) is 102 Å². The maximum Gasteiger partial charge on any atom is 0.255 e. The molecule has 0 saturated carbocycles. The second-order valence-electron chi connectivity index (χ2n) is 22.7. The first kappa shape index (κ1) is 55.9. The van der Waals surface area contributed by atoms with Crippen LogP contribution in [0.15, 0.2) is 102 Å². The Hall–Kier alpha value is -7.79. The van der Waals surface area contributed by atoms with Crippen LogP contribution < -0.4 is 20.7 Å². The fourth-order valence-electron chi connectivity index (χ4n) is 10.7. The number of fused-ring (bicyclic) bond motifs is 1. The molecule has 4 aromatic carbocycles. The van der Waals surface area contributed by atoms with Gasteiger partial charge in [0.1, 0.15) is 36.0 Å². The first-order valence-electron chi connectivity index (χ1n) is 26.3. The Morgan fingerprint density at radius 1 is 0.747 bits per heavy atom. The highest BCUT2D eigenvalue weighted by molar-refractivity contribution is 7.13. The lowest BCUT2D eigenvalue weighted by molar-refractivity contribution is -0.145. The van der Waals surface area contributed by atoms with Crippen LogP contribution in [0.2, 0.25) is 0 Å². The summed E-state index contributed by atoms with van der Waals surface area (Å²) < 4.78 is 6.61. The number of hydrogen-bond acceptors (Lipinski definition) is 13. The van der Waals surface area contributed by atoms with E-state index in [1.807, 2.05) is 110 Å². The number of ether oxygens (including phenoxy) is 1. The molecule has 0 aliphatic carbocycles. The zero-order valence-corrected chi connectivity index (χ0v) is 47.2. The number of aliphatic hydroxyl groups excluding tert-OH is 1. The maximum absolute atomic E-state index is 14.9. The van der Waals surface area contributed by atoms with Crippen LogP contribution in [0.25, 0.3) is 20.9 Å². The van der Waals surface area contributed by atoms with Crippen LogP contribution in [0, 0.1) is 36.0 Å². The minimum absolute atomic E-state index is 0.0181. The molecule has 0 radical (unpaired) electrons. The van der Waals surface area contributed by atoms with Gasteiger partial charge in [0.25, 0.3) is 11.8 Å². The van der Waals surface area contributed by atoms with Crippen molar-refractivity contribution in [1.29, 1.82) is 5.26 Å². The van der Waals surface area contributed by atoms with Gasteiger partial charge < -0.3 is 40.5 Å². The number of β-amino-alcohol motifs (C(OH)–C–C–N with tert-alkyl or cyclic N) is 1. The highest BCUT2D eigenvalue weighted by atomic mass is 32.1. The summed E-state index contributed by atoms with van der Waals surface area (Å²) in [6.07, 6.45) is -1.50. The van der Waals surface area contributed by atoms with Crippen molar-refractivity contribution in [3.63, 3.8) is 0 Å². The van der Waals surface area contributed by atoms with E-state index >= 15 is 0 Å². The summed E-state index contributed by atoms with van der Waals surface area (Å²) in [6, 6.07) is 25.0. The summed E-state index contributed by atoms with van der Waals surface area (Å²) >= 11 is 3.11. The van der Waals surface area contributed by atoms with Gasteiger partial charge in [0.2, 0.25) is 23.6 Å². The van der Waals surface area contributed by atoms with Crippen molar-refractivity contribution in [1.82, 2.24) is 40.6 Å². The summed E-state index contributed by atoms with van der Waals surface area (Å²) in [5.74, 6) is -2.37. The van der Waals surface area contributed by atoms with Crippen molar-refractivity contribution in [2.45, 2.75) is 124 Å². The van der Waals surface area contributed by atoms with Gasteiger partial charge >= 0.3 is 0 Å². The molecule has 3 aliphatic rings. The number of hydrogen-bond donors (Lipinski definition) is 4. The van der Waals surface area contributed by atoms with E-state index in [0.717, 1.165) is 43.4 Å². The fraction of sp³-hybridized carbons (Fsp3) is 0.383. The molecule has 410 valence electrons. The van der Waals surface area contributed by atoms with E-state index in [1.165, 1.54) is 26.8 Å². The van der Waals surface area contributed by atoms with Crippen LogP contribution in [0.4, 0.5) is 0 Å². The number of nitriles is 1. The summed E-state index contributed by atoms with van der Waals surface area (Å²) in [7, 11) is 0. The minimum Gasteiger partial charge on any atom is -0.488 e. The van der Waals surface area contributed by atoms with Crippen molar-refractivity contribution in [2.75, 3.05) is 13.1 Å². The van der Waals surface area contributed by atoms with E-state index in [-0.39, 0.29) is 62.6 Å². The number of benzene rings is 4. The summed E-state index contributed by atoms with van der Waals surface area (Å²) in [5, 5.41) is 29.6. The topological polar surface area (TPSA) is 227 Å². The lowest BCUT2D eigenvalue weighted by atomic mass is 9.84. The van der Waals surface area contributed by atoms with E-state index in [2.05, 4.69) is 25.9 Å². The molecule has 5 heterocycles. The molecule has 2 saturated heterocycles. The molecule has 0 unspecified atom stereocenters. The van der Waals surface area contributed by atoms with Crippen molar-refractivity contribution in [3.8, 4) is 32.7 Å². The number of aromatic nitrogens is 2. The zero-order chi connectivity index (χ0) is 56.5. The number of aliphatic hydroxyl groups is 1. The van der Waals surface area contributed by atoms with Crippen LogP contribution >= 0.6 is 22.7 Å². The molecule has 9 rings (SSSR count). The first-order valence-corrected chi connectivity index (χ1v) is 28.1. The molecule has 4 N–H and O–H groups in total. The van der Waals surface area contributed by atoms with Crippen LogP contribution in [0.5, 0.6) is 5.75 Å². The van der Waals surface area contributed by atoms with Crippen molar-refractivity contribution in [2.24, 2.45) is 10.8 Å². The lowest BCUT2D eigenvalue weighted by Crippen LogP contribution is -2.57. The average molecular weight is 1100 g/mol. The summed E-state index contributed by atoms with van der Waals surface area (Å²) in [4.78, 5) is 101. The van der Waals surface area contributed by atoms with Crippen LogP contribution in [-0.2, 0) is 38.8 Å². The molecule has 0 spiro atoms. The molecule has 79 heavy (non-hydrogen) atoms. The second kappa shape index (κ2) is 22.9. The molecule has 0 bridgehead atoms. The SMILES string of the molecule is Cc1ncsc1-c1ccc(CNC(=O)[C@@H]2C[C@@H](Oc3ccc4c(c3)CN([C@H](C(=O)N3C[C@H](O)C[C@H]3C(=O)NCc3ccc(-c5scnc5C)cc3)C(C)(C)C)C4=O)CN2C(=O)[C@@H](NC(=O)c2ccccc2C#N)C(C)(C)C)cc1. The molecule has 6 aromatic rings. The number of likely N-dealkylation sites (tertiary alicyclic amines) is 2. The molecular formula is C60H65N9O8S2. The third-order valence-corrected chi connectivity index (χ3v) is 16.8. The normalized spacial score (nSPS) is 18.9. The smallest absolute Gasteiger partial charge is 0.255 e. The van der Waals surface area contributed by atoms with Gasteiger partial charge in [-0.2, -0.15) is 5.26 Å². The standard InChI is InChI=1S/C60H65N9O8S2/c1-34-49(78-32-64-34)38-17-13-36(14-18-38)27-62-54(72)47-24-42(70)30-67(47)58(76)52(60(6,7)8)69-29-41-23-43(21-22-46(41)56(69)74)77-44-25-48(55(73)63-28-37-15-19-39(20-16-37)50-35(2)65-33-79-50)68(31-44)57(75)51(59(3,4)5)66-53(71)45-12-10-9-11-40(45)26-61/h9-23,32-33,42,44,47-48,51-52,70H,24-25,27-31H2,1-8H3,(H,62,72)(H,63,73)(H,66,71)/t42-,44-,47+,48+,51-,52-/m1/s1. The van der Waals surface area contributed by atoms with Gasteiger partial charge in [-0.05, 0) is 82.8 Å². The Bertz CT molecular complexity index is 3340. The van der Waals surface area contributed by atoms with E-state index in [1.54, 1.807) is 64.0 Å². The Balaban J connectivity index is 0.906. The Kier molecular flexibility index (Phi) is 16.2. The van der Waals surface area contributed by atoms with Crippen LogP contribution in [0.1, 0.15) is 109 Å². The van der Waals surface area contributed by atoms with E-state index in [0.29, 0.717) is 16.9 Å². The van der Waals surface area contributed by atoms with Gasteiger partial charge in [-0.25, -0.2) is 9.97 Å². The van der Waals surface area contributed by atoms with E-state index in [4.69, 9.17) is 4.74 Å². The largest absolute Gasteiger partial charge is 0.488 e. The number of carbonyl (C=O) groups is 6.